The van der Waals surface area contributed by atoms with Crippen LogP contribution in [0.4, 0.5) is 0 Å². The number of rotatable bonds is 7. The van der Waals surface area contributed by atoms with Gasteiger partial charge < -0.3 is 4.42 Å². The molecule has 0 spiro atoms. The number of benzene rings is 8. The molecule has 0 aliphatic rings. The lowest BCUT2D eigenvalue weighted by Crippen LogP contribution is -2.00. The molecule has 8 aromatic carbocycles. The van der Waals surface area contributed by atoms with Crippen molar-refractivity contribution in [2.45, 2.75) is 0 Å². The molecule has 0 saturated carbocycles. The molecular formula is C51H33N3O. The van der Waals surface area contributed by atoms with Crippen molar-refractivity contribution in [1.82, 2.24) is 15.0 Å². The molecule has 0 fully saturated rings. The Morgan fingerprint density at radius 1 is 0.273 bits per heavy atom. The maximum absolute atomic E-state index is 6.52. The molecule has 4 nitrogen and oxygen atoms in total. The van der Waals surface area contributed by atoms with Crippen LogP contribution in [0.1, 0.15) is 0 Å². The summed E-state index contributed by atoms with van der Waals surface area (Å²) in [4.78, 5) is 15.5. The van der Waals surface area contributed by atoms with Gasteiger partial charge in [0.15, 0.2) is 17.5 Å². The summed E-state index contributed by atoms with van der Waals surface area (Å²) in [6, 6.07) is 69.3. The lowest BCUT2D eigenvalue weighted by molar-refractivity contribution is 0.670. The predicted octanol–water partition coefficient (Wildman–Crippen LogP) is 13.4. The maximum Gasteiger partial charge on any atom is 0.164 e. The van der Waals surface area contributed by atoms with Crippen LogP contribution in [0.3, 0.4) is 0 Å². The molecule has 258 valence electrons. The Morgan fingerprint density at radius 3 is 1.24 bits per heavy atom. The number of hydrogen-bond donors (Lipinski definition) is 0. The number of fused-ring (bicyclic) bond motifs is 3. The van der Waals surface area contributed by atoms with E-state index >= 15 is 0 Å². The topological polar surface area (TPSA) is 51.8 Å². The first-order valence-electron chi connectivity index (χ1n) is 18.4. The van der Waals surface area contributed by atoms with Crippen molar-refractivity contribution < 1.29 is 4.42 Å². The van der Waals surface area contributed by atoms with Gasteiger partial charge in [0.1, 0.15) is 11.2 Å². The zero-order valence-corrected chi connectivity index (χ0v) is 29.8. The highest BCUT2D eigenvalue weighted by Crippen LogP contribution is 2.39. The zero-order chi connectivity index (χ0) is 36.6. The molecule has 2 aromatic heterocycles. The standard InChI is InChI=1S/C51H33N3O/c1-4-13-34(14-5-1)37-23-27-39(28-24-37)49-52-50(40-29-25-38(26-30-40)35-15-6-2-7-16-35)54-51(53-49)43-32-41(36-17-8-3-9-18-36)31-42(33-43)44-20-12-21-46-45-19-10-11-22-47(45)55-48(44)46/h1-33H. The van der Waals surface area contributed by atoms with Crippen molar-refractivity contribution in [2.24, 2.45) is 0 Å². The minimum atomic E-state index is 0.593. The Bertz CT molecular complexity index is 2840. The molecule has 0 radical (unpaired) electrons. The van der Waals surface area contributed by atoms with Crippen LogP contribution in [0.25, 0.3) is 101 Å². The summed E-state index contributed by atoms with van der Waals surface area (Å²) in [7, 11) is 0. The highest BCUT2D eigenvalue weighted by atomic mass is 16.3. The minimum absolute atomic E-state index is 0.593. The largest absolute Gasteiger partial charge is 0.455 e. The average Bonchev–Trinajstić information content (AvgIpc) is 3.66. The van der Waals surface area contributed by atoms with E-state index in [0.29, 0.717) is 17.5 Å². The van der Waals surface area contributed by atoms with E-state index in [1.54, 1.807) is 0 Å². The van der Waals surface area contributed by atoms with Gasteiger partial charge in [-0.1, -0.05) is 176 Å². The van der Waals surface area contributed by atoms with Gasteiger partial charge in [0.2, 0.25) is 0 Å². The first-order valence-corrected chi connectivity index (χ1v) is 18.4. The highest BCUT2D eigenvalue weighted by molar-refractivity contribution is 6.09. The van der Waals surface area contributed by atoms with Crippen molar-refractivity contribution in [3.8, 4) is 78.7 Å². The van der Waals surface area contributed by atoms with E-state index in [1.165, 1.54) is 0 Å². The molecule has 0 amide bonds. The number of furan rings is 1. The third-order valence-electron chi connectivity index (χ3n) is 10.1. The van der Waals surface area contributed by atoms with E-state index in [9.17, 15) is 0 Å². The van der Waals surface area contributed by atoms with E-state index in [1.807, 2.05) is 30.3 Å². The molecule has 0 N–H and O–H groups in total. The summed E-state index contributed by atoms with van der Waals surface area (Å²) >= 11 is 0. The molecule has 10 aromatic rings. The molecule has 0 aliphatic heterocycles. The van der Waals surface area contributed by atoms with Gasteiger partial charge in [0.05, 0.1) is 0 Å². The first kappa shape index (κ1) is 32.2. The highest BCUT2D eigenvalue weighted by Gasteiger charge is 2.18. The smallest absolute Gasteiger partial charge is 0.164 e. The van der Waals surface area contributed by atoms with Crippen LogP contribution in [0.2, 0.25) is 0 Å². The van der Waals surface area contributed by atoms with Gasteiger partial charge in [-0.15, -0.1) is 0 Å². The quantitative estimate of drug-likeness (QED) is 0.166. The van der Waals surface area contributed by atoms with Crippen molar-refractivity contribution >= 4 is 21.9 Å². The summed E-state index contributed by atoms with van der Waals surface area (Å²) in [6.07, 6.45) is 0. The third kappa shape index (κ3) is 6.26. The van der Waals surface area contributed by atoms with Gasteiger partial charge in [-0.05, 0) is 63.2 Å². The maximum atomic E-state index is 6.52. The van der Waals surface area contributed by atoms with E-state index in [0.717, 1.165) is 83.1 Å². The van der Waals surface area contributed by atoms with E-state index in [-0.39, 0.29) is 0 Å². The van der Waals surface area contributed by atoms with Gasteiger partial charge in [0.25, 0.3) is 0 Å². The van der Waals surface area contributed by atoms with Crippen molar-refractivity contribution in [2.75, 3.05) is 0 Å². The van der Waals surface area contributed by atoms with Crippen LogP contribution in [-0.2, 0) is 0 Å². The van der Waals surface area contributed by atoms with Crippen LogP contribution < -0.4 is 0 Å². The summed E-state index contributed by atoms with van der Waals surface area (Å²) in [5.74, 6) is 1.81. The van der Waals surface area contributed by atoms with Crippen LogP contribution in [0.15, 0.2) is 205 Å². The molecule has 0 unspecified atom stereocenters. The van der Waals surface area contributed by atoms with Gasteiger partial charge in [0, 0.05) is 33.0 Å². The fourth-order valence-corrected chi connectivity index (χ4v) is 7.33. The summed E-state index contributed by atoms with van der Waals surface area (Å²) in [5, 5.41) is 2.18. The summed E-state index contributed by atoms with van der Waals surface area (Å²) in [6.45, 7) is 0. The second-order valence-corrected chi connectivity index (χ2v) is 13.6. The molecule has 0 saturated heterocycles. The molecule has 10 rings (SSSR count). The molecule has 0 aliphatic carbocycles. The predicted molar refractivity (Wildman–Crippen MR) is 225 cm³/mol. The molecular weight excluding hydrogens is 671 g/mol. The zero-order valence-electron chi connectivity index (χ0n) is 29.8. The van der Waals surface area contributed by atoms with Crippen molar-refractivity contribution in [3.63, 3.8) is 0 Å². The number of para-hydroxylation sites is 2. The molecule has 0 bridgehead atoms. The Balaban J connectivity index is 1.16. The Kier molecular flexibility index (Phi) is 8.12. The normalized spacial score (nSPS) is 11.3. The van der Waals surface area contributed by atoms with Crippen LogP contribution in [-0.4, -0.2) is 15.0 Å². The van der Waals surface area contributed by atoms with Crippen LogP contribution in [0, 0.1) is 0 Å². The molecule has 55 heavy (non-hydrogen) atoms. The fraction of sp³-hybridized carbons (Fsp3) is 0. The van der Waals surface area contributed by atoms with E-state index in [2.05, 4.69) is 170 Å². The average molecular weight is 704 g/mol. The lowest BCUT2D eigenvalue weighted by atomic mass is 9.94. The SMILES string of the molecule is c1ccc(-c2ccc(-c3nc(-c4ccc(-c5ccccc5)cc4)nc(-c4cc(-c5ccccc5)cc(-c5cccc6c5oc5ccccc56)c4)n3)cc2)cc1. The Hall–Kier alpha value is -7.43. The van der Waals surface area contributed by atoms with E-state index < -0.39 is 0 Å². The second-order valence-electron chi connectivity index (χ2n) is 13.6. The molecule has 2 heterocycles. The number of hydrogen-bond acceptors (Lipinski definition) is 4. The Labute approximate surface area is 319 Å². The van der Waals surface area contributed by atoms with Crippen molar-refractivity contribution in [1.29, 1.82) is 0 Å². The lowest BCUT2D eigenvalue weighted by Gasteiger charge is -2.13. The monoisotopic (exact) mass is 703 g/mol. The Morgan fingerprint density at radius 2 is 0.673 bits per heavy atom. The summed E-state index contributed by atoms with van der Waals surface area (Å²) < 4.78 is 6.52. The van der Waals surface area contributed by atoms with Crippen LogP contribution in [0.5, 0.6) is 0 Å². The van der Waals surface area contributed by atoms with Gasteiger partial charge >= 0.3 is 0 Å². The van der Waals surface area contributed by atoms with Crippen molar-refractivity contribution in [3.05, 3.63) is 200 Å². The van der Waals surface area contributed by atoms with E-state index in [4.69, 9.17) is 19.4 Å². The fourth-order valence-electron chi connectivity index (χ4n) is 7.33. The van der Waals surface area contributed by atoms with Gasteiger partial charge in [-0.25, -0.2) is 15.0 Å². The first-order chi connectivity index (χ1) is 27.2. The third-order valence-corrected chi connectivity index (χ3v) is 10.1. The molecule has 4 heteroatoms. The van der Waals surface area contributed by atoms with Gasteiger partial charge in [-0.3, -0.25) is 0 Å². The minimum Gasteiger partial charge on any atom is -0.455 e. The van der Waals surface area contributed by atoms with Crippen LogP contribution >= 0.6 is 0 Å². The van der Waals surface area contributed by atoms with Gasteiger partial charge in [-0.2, -0.15) is 0 Å². The number of nitrogens with zero attached hydrogens (tertiary/aromatic N) is 3. The molecule has 0 atom stereocenters. The summed E-state index contributed by atoms with van der Waals surface area (Å²) in [5.41, 5.74) is 13.2. The second kappa shape index (κ2) is 13.8. The number of aromatic nitrogens is 3.